The lowest BCUT2D eigenvalue weighted by molar-refractivity contribution is 0.353. The smallest absolute Gasteiger partial charge is 0.0383 e. The predicted octanol–water partition coefficient (Wildman–Crippen LogP) is 4.84. The Morgan fingerprint density at radius 1 is 1.08 bits per heavy atom. The summed E-state index contributed by atoms with van der Waals surface area (Å²) in [6.45, 7) is 13.2. The summed E-state index contributed by atoms with van der Waals surface area (Å²) in [5, 5.41) is 0. The highest BCUT2D eigenvalue weighted by Gasteiger charge is 2.08. The van der Waals surface area contributed by atoms with Crippen molar-refractivity contribution in [1.29, 1.82) is 0 Å². The van der Waals surface area contributed by atoms with Gasteiger partial charge in [-0.15, -0.1) is 0 Å². The van der Waals surface area contributed by atoms with Crippen LogP contribution in [0.1, 0.15) is 66.2 Å². The van der Waals surface area contributed by atoms with Gasteiger partial charge in [0.1, 0.15) is 0 Å². The third-order valence-corrected chi connectivity index (χ3v) is 2.62. The van der Waals surface area contributed by atoms with Crippen molar-refractivity contribution in [3.63, 3.8) is 0 Å². The van der Waals surface area contributed by atoms with Crippen LogP contribution in [0.2, 0.25) is 0 Å². The van der Waals surface area contributed by atoms with Gasteiger partial charge in [0.05, 0.1) is 0 Å². The Bertz CT molecular complexity index is 108. The molecule has 0 aromatic carbocycles. The van der Waals surface area contributed by atoms with Gasteiger partial charge in [-0.25, -0.2) is 0 Å². The topological polar surface area (TPSA) is 0 Å². The number of unbranched alkanes of at least 4 members (excludes halogenated alkanes) is 2. The van der Waals surface area contributed by atoms with Gasteiger partial charge in [-0.05, 0) is 17.8 Å². The maximum absolute atomic E-state index is 3.92. The molecule has 1 atom stereocenters. The van der Waals surface area contributed by atoms with E-state index in [1.54, 1.807) is 0 Å². The van der Waals surface area contributed by atoms with E-state index < -0.39 is 0 Å². The third-order valence-electron chi connectivity index (χ3n) is 2.62. The van der Waals surface area contributed by atoms with Crippen LogP contribution in [0.5, 0.6) is 0 Å². The summed E-state index contributed by atoms with van der Waals surface area (Å²) in [6.07, 6.45) is 8.03. The second kappa shape index (κ2) is 6.45. The molecule has 0 N–H and O–H groups in total. The molecule has 0 aromatic rings. The lowest BCUT2D eigenvalue weighted by Gasteiger charge is -2.17. The quantitative estimate of drug-likeness (QED) is 0.517. The Hall–Kier alpha value is 0. The van der Waals surface area contributed by atoms with Gasteiger partial charge in [-0.1, -0.05) is 66.7 Å². The van der Waals surface area contributed by atoms with Crippen LogP contribution >= 0.6 is 0 Å². The summed E-state index contributed by atoms with van der Waals surface area (Å²) in [4.78, 5) is 0. The normalized spacial score (nSPS) is 14.5. The Morgan fingerprint density at radius 3 is 2.15 bits per heavy atom. The zero-order valence-electron chi connectivity index (χ0n) is 10.0. The minimum absolute atomic E-state index is 0.526. The van der Waals surface area contributed by atoms with Crippen molar-refractivity contribution < 1.29 is 0 Å². The van der Waals surface area contributed by atoms with Gasteiger partial charge in [0, 0.05) is 0 Å². The summed E-state index contributed by atoms with van der Waals surface area (Å²) in [5.41, 5.74) is 0.526. The summed E-state index contributed by atoms with van der Waals surface area (Å²) >= 11 is 0. The first-order valence-corrected chi connectivity index (χ1v) is 5.75. The Kier molecular flexibility index (Phi) is 6.45. The molecule has 0 aliphatic heterocycles. The van der Waals surface area contributed by atoms with E-state index in [0.29, 0.717) is 5.41 Å². The van der Waals surface area contributed by atoms with E-state index in [9.17, 15) is 0 Å². The Balaban J connectivity index is 3.18. The van der Waals surface area contributed by atoms with E-state index in [1.165, 1.54) is 32.1 Å². The van der Waals surface area contributed by atoms with E-state index in [-0.39, 0.29) is 0 Å². The maximum atomic E-state index is 3.92. The molecule has 0 aliphatic rings. The fourth-order valence-corrected chi connectivity index (χ4v) is 1.47. The molecule has 0 heteroatoms. The van der Waals surface area contributed by atoms with Crippen LogP contribution in [0, 0.1) is 18.3 Å². The van der Waals surface area contributed by atoms with Gasteiger partial charge >= 0.3 is 0 Å². The molecule has 0 aliphatic carbocycles. The van der Waals surface area contributed by atoms with Crippen molar-refractivity contribution in [2.45, 2.75) is 66.2 Å². The van der Waals surface area contributed by atoms with Crippen LogP contribution in [0.15, 0.2) is 0 Å². The zero-order valence-corrected chi connectivity index (χ0v) is 10.0. The molecule has 0 heterocycles. The van der Waals surface area contributed by atoms with Gasteiger partial charge < -0.3 is 0 Å². The fourth-order valence-electron chi connectivity index (χ4n) is 1.47. The summed E-state index contributed by atoms with van der Waals surface area (Å²) in [5.74, 6) is 0.828. The van der Waals surface area contributed by atoms with Crippen LogP contribution in [0.4, 0.5) is 0 Å². The largest absolute Gasteiger partial charge is 0.0625 e. The lowest BCUT2D eigenvalue weighted by atomic mass is 9.89. The van der Waals surface area contributed by atoms with Crippen molar-refractivity contribution in [3.8, 4) is 0 Å². The monoisotopic (exact) mass is 183 g/mol. The highest BCUT2D eigenvalue weighted by atomic mass is 14.1. The molecule has 0 nitrogen and oxygen atoms in total. The molecule has 0 saturated carbocycles. The third kappa shape index (κ3) is 9.92. The first-order valence-electron chi connectivity index (χ1n) is 5.75. The van der Waals surface area contributed by atoms with Crippen molar-refractivity contribution in [2.75, 3.05) is 0 Å². The Labute approximate surface area is 85.1 Å². The van der Waals surface area contributed by atoms with Crippen LogP contribution in [0.3, 0.4) is 0 Å². The van der Waals surface area contributed by atoms with Crippen LogP contribution in [-0.2, 0) is 0 Å². The van der Waals surface area contributed by atoms with Crippen LogP contribution in [-0.4, -0.2) is 0 Å². The molecule has 0 spiro atoms. The first-order chi connectivity index (χ1) is 5.95. The van der Waals surface area contributed by atoms with E-state index >= 15 is 0 Å². The predicted molar refractivity (Wildman–Crippen MR) is 61.7 cm³/mol. The molecule has 0 rings (SSSR count). The van der Waals surface area contributed by atoms with Crippen molar-refractivity contribution >= 4 is 0 Å². The van der Waals surface area contributed by atoms with E-state index in [4.69, 9.17) is 0 Å². The zero-order chi connectivity index (χ0) is 10.3. The average molecular weight is 183 g/mol. The van der Waals surface area contributed by atoms with Gasteiger partial charge in [0.25, 0.3) is 0 Å². The molecule has 1 unspecified atom stereocenters. The Morgan fingerprint density at radius 2 is 1.69 bits per heavy atom. The van der Waals surface area contributed by atoms with E-state index in [1.807, 2.05) is 0 Å². The minimum atomic E-state index is 0.526. The summed E-state index contributed by atoms with van der Waals surface area (Å²) in [6, 6.07) is 0. The molecule has 13 heavy (non-hydrogen) atoms. The number of hydrogen-bond donors (Lipinski definition) is 0. The van der Waals surface area contributed by atoms with Crippen molar-refractivity contribution in [2.24, 2.45) is 11.3 Å². The van der Waals surface area contributed by atoms with Gasteiger partial charge in [0.2, 0.25) is 0 Å². The first kappa shape index (κ1) is 13.0. The van der Waals surface area contributed by atoms with E-state index in [0.717, 1.165) is 12.3 Å². The molecule has 0 bridgehead atoms. The molecule has 0 amide bonds. The highest BCUT2D eigenvalue weighted by Crippen LogP contribution is 2.23. The second-order valence-electron chi connectivity index (χ2n) is 5.55. The minimum Gasteiger partial charge on any atom is -0.0625 e. The van der Waals surface area contributed by atoms with Gasteiger partial charge in [0.15, 0.2) is 0 Å². The second-order valence-corrected chi connectivity index (χ2v) is 5.55. The number of rotatable bonds is 6. The average Bonchev–Trinajstić information content (AvgIpc) is 2.01. The fraction of sp³-hybridized carbons (Fsp3) is 0.923. The molecular formula is C13H27. The van der Waals surface area contributed by atoms with Gasteiger partial charge in [-0.3, -0.25) is 0 Å². The summed E-state index contributed by atoms with van der Waals surface area (Å²) < 4.78 is 0. The molecule has 0 saturated heterocycles. The standard InChI is InChI=1S/C13H27/c1-6-12(2)10-8-7-9-11-13(3,4)5/h12H,1,6-11H2,2-5H3. The van der Waals surface area contributed by atoms with Crippen molar-refractivity contribution in [1.82, 2.24) is 0 Å². The maximum Gasteiger partial charge on any atom is -0.0383 e. The van der Waals surface area contributed by atoms with Crippen molar-refractivity contribution in [3.05, 3.63) is 6.92 Å². The van der Waals surface area contributed by atoms with Gasteiger partial charge in [-0.2, -0.15) is 0 Å². The highest BCUT2D eigenvalue weighted by molar-refractivity contribution is 4.61. The molecule has 0 aromatic heterocycles. The molecular weight excluding hydrogens is 156 g/mol. The SMILES string of the molecule is [CH2]CC(C)CCCCCC(C)(C)C. The molecule has 0 fully saturated rings. The molecule has 79 valence electrons. The lowest BCUT2D eigenvalue weighted by Crippen LogP contribution is -2.04. The van der Waals surface area contributed by atoms with Crippen LogP contribution < -0.4 is 0 Å². The number of hydrogen-bond acceptors (Lipinski definition) is 0. The van der Waals surface area contributed by atoms with Crippen LogP contribution in [0.25, 0.3) is 0 Å². The molecule has 1 radical (unpaired) electrons. The van der Waals surface area contributed by atoms with E-state index in [2.05, 4.69) is 34.6 Å². The summed E-state index contributed by atoms with van der Waals surface area (Å²) in [7, 11) is 0.